The third kappa shape index (κ3) is 13.4. The molecule has 2 aliphatic heterocycles. The number of pyridine rings is 2. The highest BCUT2D eigenvalue weighted by molar-refractivity contribution is 7.98. The number of amides is 4. The van der Waals surface area contributed by atoms with Crippen LogP contribution >= 0.6 is 11.8 Å². The molecule has 0 unspecified atom stereocenters. The Morgan fingerprint density at radius 2 is 0.974 bits per heavy atom. The molecule has 4 heterocycles. The number of para-hydroxylation sites is 1. The van der Waals surface area contributed by atoms with Crippen molar-refractivity contribution >= 4 is 68.1 Å². The van der Waals surface area contributed by atoms with Gasteiger partial charge in [0.15, 0.2) is 0 Å². The number of hydrogen-bond donors (Lipinski definition) is 4. The van der Waals surface area contributed by atoms with Gasteiger partial charge < -0.3 is 35.5 Å². The Morgan fingerprint density at radius 1 is 0.500 bits per heavy atom. The van der Waals surface area contributed by atoms with E-state index < -0.39 is 0 Å². The van der Waals surface area contributed by atoms with E-state index in [0.29, 0.717) is 12.3 Å². The molecular weight excluding hydrogens is 969 g/mol. The average Bonchev–Trinajstić information content (AvgIpc) is 3.50. The highest BCUT2D eigenvalue weighted by Crippen LogP contribution is 2.35. The smallest absolute Gasteiger partial charge is 0.323 e. The Bertz CT molecular complexity index is 3370. The standard InChI is InChI=1S/C34H32N4O3.C28H28N4O2S/c39-34(36-27-12-14-29(15-13-27)41-24-25-6-2-1-3-7-25)37-33-17-16-30(31-8-4-5-9-32(31)33)26-10-11-28(35-22-26)23-38-18-20-40-21-19-38;1-35-27-9-5-4-8-26(27)31-28(33)30-25-13-12-22(23-6-2-3-7-24(23)25)20-10-11-21(29-18-20)19-32-14-16-34-17-15-32/h1-17,22H,18-21,23-24H2,(H2,36,37,39);2-13,18H,14-17,19H2,1H3,(H2,30,31,33). The number of ether oxygens (including phenoxy) is 3. The quantitative estimate of drug-likeness (QED) is 0.0778. The summed E-state index contributed by atoms with van der Waals surface area (Å²) in [5.41, 5.74) is 10.4. The Morgan fingerprint density at radius 3 is 1.49 bits per heavy atom. The fraction of sp³-hybridized carbons (Fsp3) is 0.194. The molecule has 7 aromatic carbocycles. The van der Waals surface area contributed by atoms with Gasteiger partial charge in [0.2, 0.25) is 0 Å². The number of benzene rings is 7. The lowest BCUT2D eigenvalue weighted by Crippen LogP contribution is -2.35. The van der Waals surface area contributed by atoms with E-state index in [-0.39, 0.29) is 12.1 Å². The molecule has 2 fully saturated rings. The second-order valence-electron chi connectivity index (χ2n) is 18.4. The molecule has 2 aliphatic rings. The number of carbonyl (C=O) groups is 2. The van der Waals surface area contributed by atoms with E-state index in [0.717, 1.165) is 154 Å². The summed E-state index contributed by atoms with van der Waals surface area (Å²) in [6.45, 7) is 9.03. The highest BCUT2D eigenvalue weighted by atomic mass is 32.2. The zero-order valence-electron chi connectivity index (χ0n) is 42.4. The Kier molecular flexibility index (Phi) is 17.2. The lowest BCUT2D eigenvalue weighted by molar-refractivity contribution is 0.0336. The second-order valence-corrected chi connectivity index (χ2v) is 19.3. The van der Waals surface area contributed by atoms with Crippen LogP contribution in [0.4, 0.5) is 32.3 Å². The van der Waals surface area contributed by atoms with Gasteiger partial charge in [-0.2, -0.15) is 0 Å². The predicted octanol–water partition coefficient (Wildman–Crippen LogP) is 13.1. The number of nitrogens with one attached hydrogen (secondary N) is 4. The molecule has 0 saturated carbocycles. The third-order valence-electron chi connectivity index (χ3n) is 13.3. The van der Waals surface area contributed by atoms with E-state index in [1.807, 2.05) is 158 Å². The Hall–Kier alpha value is -8.11. The first-order valence-corrected chi connectivity index (χ1v) is 26.7. The van der Waals surface area contributed by atoms with Gasteiger partial charge in [-0.05, 0) is 94.4 Å². The van der Waals surface area contributed by atoms with Crippen LogP contribution in [0.1, 0.15) is 17.0 Å². The van der Waals surface area contributed by atoms with E-state index in [1.54, 1.807) is 11.8 Å². The first kappa shape index (κ1) is 51.4. The van der Waals surface area contributed by atoms with Crippen molar-refractivity contribution in [3.8, 4) is 28.0 Å². The first-order chi connectivity index (χ1) is 37.4. The number of morpholine rings is 2. The van der Waals surface area contributed by atoms with Gasteiger partial charge in [-0.3, -0.25) is 19.8 Å². The summed E-state index contributed by atoms with van der Waals surface area (Å²) in [5.74, 6) is 0.741. The molecule has 0 bridgehead atoms. The van der Waals surface area contributed by atoms with Crippen molar-refractivity contribution in [1.82, 2.24) is 19.8 Å². The van der Waals surface area contributed by atoms with Crippen LogP contribution in [0.5, 0.6) is 5.75 Å². The average molecular weight is 1030 g/mol. The van der Waals surface area contributed by atoms with Crippen molar-refractivity contribution in [3.63, 3.8) is 0 Å². The van der Waals surface area contributed by atoms with Crippen LogP contribution in [0, 0.1) is 0 Å². The van der Waals surface area contributed by atoms with Crippen LogP contribution in [0.2, 0.25) is 0 Å². The largest absolute Gasteiger partial charge is 0.489 e. The minimum atomic E-state index is -0.310. The van der Waals surface area contributed by atoms with Gasteiger partial charge in [-0.25, -0.2) is 9.59 Å². The van der Waals surface area contributed by atoms with E-state index in [9.17, 15) is 9.59 Å². The summed E-state index contributed by atoms with van der Waals surface area (Å²) in [4.78, 5) is 40.9. The molecule has 11 rings (SSSR count). The molecule has 0 spiro atoms. The maximum absolute atomic E-state index is 12.9. The van der Waals surface area contributed by atoms with Crippen LogP contribution in [0.25, 0.3) is 43.8 Å². The Labute approximate surface area is 447 Å². The van der Waals surface area contributed by atoms with Crippen LogP contribution in [-0.4, -0.2) is 90.7 Å². The summed E-state index contributed by atoms with van der Waals surface area (Å²) >= 11 is 1.60. The highest BCUT2D eigenvalue weighted by Gasteiger charge is 2.16. The number of nitrogens with zero attached hydrogens (tertiary/aromatic N) is 4. The minimum Gasteiger partial charge on any atom is -0.489 e. The van der Waals surface area contributed by atoms with E-state index in [2.05, 4.69) is 67.5 Å². The van der Waals surface area contributed by atoms with Crippen LogP contribution in [0.15, 0.2) is 193 Å². The number of anilines is 4. The van der Waals surface area contributed by atoms with E-state index >= 15 is 0 Å². The zero-order valence-corrected chi connectivity index (χ0v) is 43.2. The summed E-state index contributed by atoms with van der Waals surface area (Å²) in [6.07, 6.45) is 5.87. The molecule has 2 aromatic heterocycles. The minimum absolute atomic E-state index is 0.265. The fourth-order valence-electron chi connectivity index (χ4n) is 9.33. The maximum Gasteiger partial charge on any atom is 0.323 e. The van der Waals surface area contributed by atoms with Gasteiger partial charge in [0.05, 0.1) is 54.9 Å². The topological polar surface area (TPSA) is 142 Å². The maximum atomic E-state index is 12.9. The molecule has 9 aromatic rings. The number of aromatic nitrogens is 2. The number of carbonyl (C=O) groups excluding carboxylic acids is 2. The summed E-state index contributed by atoms with van der Waals surface area (Å²) in [5, 5.41) is 16.0. The van der Waals surface area contributed by atoms with E-state index in [4.69, 9.17) is 24.2 Å². The van der Waals surface area contributed by atoms with Crippen molar-refractivity contribution in [2.75, 3.05) is 80.1 Å². The molecule has 0 aliphatic carbocycles. The summed E-state index contributed by atoms with van der Waals surface area (Å²) < 4.78 is 16.7. The SMILES string of the molecule is CSc1ccccc1NC(=O)Nc1ccc(-c2ccc(CN3CCOCC3)nc2)c2ccccc12.O=C(Nc1ccc(OCc2ccccc2)cc1)Nc1ccc(-c2ccc(CN3CCOCC3)nc2)c2ccccc12. The molecule has 384 valence electrons. The molecule has 76 heavy (non-hydrogen) atoms. The van der Waals surface area contributed by atoms with E-state index in [1.165, 1.54) is 0 Å². The van der Waals surface area contributed by atoms with Crippen molar-refractivity contribution in [1.29, 1.82) is 0 Å². The van der Waals surface area contributed by atoms with Gasteiger partial charge in [-0.1, -0.05) is 115 Å². The van der Waals surface area contributed by atoms with Crippen LogP contribution in [0.3, 0.4) is 0 Å². The van der Waals surface area contributed by atoms with Crippen molar-refractivity contribution in [2.24, 2.45) is 0 Å². The lowest BCUT2D eigenvalue weighted by Gasteiger charge is -2.26. The van der Waals surface area contributed by atoms with Gasteiger partial charge in [0.1, 0.15) is 12.4 Å². The van der Waals surface area contributed by atoms with Crippen molar-refractivity contribution in [3.05, 3.63) is 205 Å². The summed E-state index contributed by atoms with van der Waals surface area (Å²) in [7, 11) is 0. The molecule has 2 saturated heterocycles. The predicted molar refractivity (Wildman–Crippen MR) is 307 cm³/mol. The third-order valence-corrected chi connectivity index (χ3v) is 14.1. The summed E-state index contributed by atoms with van der Waals surface area (Å²) in [6, 6.07) is 57.2. The zero-order chi connectivity index (χ0) is 51.9. The second kappa shape index (κ2) is 25.4. The molecule has 13 nitrogen and oxygen atoms in total. The van der Waals surface area contributed by atoms with Gasteiger partial charge in [0, 0.05) is 84.1 Å². The molecular formula is C62H60N8O5S. The number of thioether (sulfide) groups is 1. The molecule has 0 radical (unpaired) electrons. The van der Waals surface area contributed by atoms with Gasteiger partial charge >= 0.3 is 12.1 Å². The van der Waals surface area contributed by atoms with Crippen LogP contribution < -0.4 is 26.0 Å². The number of rotatable bonds is 14. The fourth-order valence-corrected chi connectivity index (χ4v) is 9.89. The lowest BCUT2D eigenvalue weighted by atomic mass is 9.98. The van der Waals surface area contributed by atoms with Gasteiger partial charge in [0.25, 0.3) is 0 Å². The molecule has 14 heteroatoms. The van der Waals surface area contributed by atoms with Crippen molar-refractivity contribution < 1.29 is 23.8 Å². The molecule has 4 amide bonds. The van der Waals surface area contributed by atoms with Gasteiger partial charge in [-0.15, -0.1) is 11.8 Å². The van der Waals surface area contributed by atoms with Crippen LogP contribution in [-0.2, 0) is 29.2 Å². The first-order valence-electron chi connectivity index (χ1n) is 25.5. The normalized spacial score (nSPS) is 13.8. The molecule has 0 atom stereocenters. The van der Waals surface area contributed by atoms with Crippen molar-refractivity contribution in [2.45, 2.75) is 24.6 Å². The Balaban J connectivity index is 0.000000175. The molecule has 4 N–H and O–H groups in total. The number of fused-ring (bicyclic) bond motifs is 2. The monoisotopic (exact) mass is 1030 g/mol. The number of urea groups is 2. The number of hydrogen-bond acceptors (Lipinski definition) is 10.